The second-order valence-corrected chi connectivity index (χ2v) is 7.76. The molecule has 1 fully saturated rings. The van der Waals surface area contributed by atoms with Crippen LogP contribution in [0.3, 0.4) is 0 Å². The quantitative estimate of drug-likeness (QED) is 0.202. The van der Waals surface area contributed by atoms with Crippen LogP contribution in [0.5, 0.6) is 5.75 Å². The van der Waals surface area contributed by atoms with Gasteiger partial charge in [0.15, 0.2) is 0 Å². The Morgan fingerprint density at radius 2 is 2.00 bits per heavy atom. The van der Waals surface area contributed by atoms with Crippen molar-refractivity contribution in [2.45, 2.75) is 24.9 Å². The molecule has 0 aliphatic carbocycles. The van der Waals surface area contributed by atoms with Gasteiger partial charge in [-0.25, -0.2) is 0 Å². The molecule has 0 radical (unpaired) electrons. The van der Waals surface area contributed by atoms with Gasteiger partial charge in [0.25, 0.3) is 0 Å². The lowest BCUT2D eigenvalue weighted by Crippen LogP contribution is -2.19. The van der Waals surface area contributed by atoms with Crippen molar-refractivity contribution < 1.29 is 19.8 Å². The first kappa shape index (κ1) is 20.7. The summed E-state index contributed by atoms with van der Waals surface area (Å²) >= 11 is 0. The van der Waals surface area contributed by atoms with Crippen molar-refractivity contribution in [3.05, 3.63) is 71.3 Å². The third-order valence-electron chi connectivity index (χ3n) is 5.69. The number of benzene rings is 3. The van der Waals surface area contributed by atoms with Gasteiger partial charge in [0.1, 0.15) is 11.9 Å². The number of nitrogens with two attached hydrogens (primary N) is 1. The molecule has 0 aromatic heterocycles. The van der Waals surface area contributed by atoms with Crippen LogP contribution in [0.15, 0.2) is 59.8 Å². The Bertz CT molecular complexity index is 1110. The molecule has 0 amide bonds. The van der Waals surface area contributed by atoms with Crippen molar-refractivity contribution in [2.24, 2.45) is 5.16 Å². The number of carboxylic acid groups (broad SMARTS) is 1. The molecule has 1 aliphatic rings. The number of carboxylic acids is 1. The number of hydrogen-bond donors (Lipinski definition) is 4. The monoisotopic (exact) mass is 419 g/mol. The summed E-state index contributed by atoms with van der Waals surface area (Å²) in [6.07, 6.45) is 2.68. The van der Waals surface area contributed by atoms with Gasteiger partial charge in [-0.1, -0.05) is 35.5 Å². The fourth-order valence-corrected chi connectivity index (χ4v) is 4.06. The highest BCUT2D eigenvalue weighted by Gasteiger charge is 2.23. The summed E-state index contributed by atoms with van der Waals surface area (Å²) in [5.41, 5.74) is 8.63. The summed E-state index contributed by atoms with van der Waals surface area (Å²) in [7, 11) is 0. The van der Waals surface area contributed by atoms with Gasteiger partial charge in [0.05, 0.1) is 12.1 Å². The zero-order valence-electron chi connectivity index (χ0n) is 17.0. The second kappa shape index (κ2) is 9.06. The van der Waals surface area contributed by atoms with Gasteiger partial charge in [0.2, 0.25) is 0 Å². The Kier molecular flexibility index (Phi) is 6.04. The predicted molar refractivity (Wildman–Crippen MR) is 120 cm³/mol. The topological polar surface area (TPSA) is 117 Å². The average molecular weight is 419 g/mol. The van der Waals surface area contributed by atoms with Gasteiger partial charge in [-0.3, -0.25) is 4.79 Å². The molecule has 31 heavy (non-hydrogen) atoms. The molecule has 1 saturated heterocycles. The number of hydrogen-bond acceptors (Lipinski definition) is 6. The molecular formula is C24H25N3O4. The molecular weight excluding hydrogens is 394 g/mol. The number of carbonyl (C=O) groups is 1. The number of rotatable bonds is 7. The molecule has 3 aromatic rings. The first-order chi connectivity index (χ1) is 15.0. The van der Waals surface area contributed by atoms with Gasteiger partial charge in [0, 0.05) is 17.8 Å². The van der Waals surface area contributed by atoms with E-state index in [1.165, 1.54) is 6.21 Å². The molecule has 0 spiro atoms. The number of nitrogens with zero attached hydrogens (tertiary/aromatic N) is 1. The average Bonchev–Trinajstić information content (AvgIpc) is 3.27. The lowest BCUT2D eigenvalue weighted by atomic mass is 9.88. The lowest BCUT2D eigenvalue weighted by Gasteiger charge is -2.17. The van der Waals surface area contributed by atoms with E-state index in [1.807, 2.05) is 30.3 Å². The molecule has 1 heterocycles. The predicted octanol–water partition coefficient (Wildman–Crippen LogP) is 3.38. The highest BCUT2D eigenvalue weighted by atomic mass is 16.5. The zero-order chi connectivity index (χ0) is 21.8. The molecule has 7 heteroatoms. The van der Waals surface area contributed by atoms with E-state index < -0.39 is 11.9 Å². The largest absolute Gasteiger partial charge is 0.489 e. The van der Waals surface area contributed by atoms with Crippen LogP contribution >= 0.6 is 0 Å². The molecule has 1 unspecified atom stereocenters. The van der Waals surface area contributed by atoms with Crippen LogP contribution in [0, 0.1) is 0 Å². The van der Waals surface area contributed by atoms with Crippen LogP contribution < -0.4 is 15.8 Å². The molecule has 1 aliphatic heterocycles. The molecule has 160 valence electrons. The van der Waals surface area contributed by atoms with Gasteiger partial charge < -0.3 is 26.1 Å². The number of fused-ring (bicyclic) bond motifs is 1. The Hall–Kier alpha value is -3.58. The minimum Gasteiger partial charge on any atom is -0.489 e. The summed E-state index contributed by atoms with van der Waals surface area (Å²) in [5, 5.41) is 27.3. The van der Waals surface area contributed by atoms with Crippen LogP contribution in [0.4, 0.5) is 5.69 Å². The molecule has 7 nitrogen and oxygen atoms in total. The first-order valence-electron chi connectivity index (χ1n) is 10.2. The van der Waals surface area contributed by atoms with Gasteiger partial charge in [-0.05, 0) is 65.6 Å². The van der Waals surface area contributed by atoms with Crippen LogP contribution in [0.1, 0.15) is 29.0 Å². The number of nitrogens with one attached hydrogen (secondary N) is 1. The van der Waals surface area contributed by atoms with E-state index in [0.717, 1.165) is 41.6 Å². The number of oxime groups is 1. The number of aliphatic carboxylic acids is 1. The Morgan fingerprint density at radius 1 is 1.23 bits per heavy atom. The maximum Gasteiger partial charge on any atom is 0.311 e. The zero-order valence-corrected chi connectivity index (χ0v) is 17.0. The summed E-state index contributed by atoms with van der Waals surface area (Å²) in [5.74, 6) is -0.948. The lowest BCUT2D eigenvalue weighted by molar-refractivity contribution is -0.138. The van der Waals surface area contributed by atoms with Crippen molar-refractivity contribution in [2.75, 3.05) is 18.8 Å². The fourth-order valence-electron chi connectivity index (χ4n) is 4.06. The number of ether oxygens (including phenoxy) is 1. The highest BCUT2D eigenvalue weighted by Crippen LogP contribution is 2.29. The highest BCUT2D eigenvalue weighted by molar-refractivity contribution is 6.02. The SMILES string of the molecule is Nc1ccc2ccc(CC(C(=O)O)c3ccc(O[C@H]4CCNC4)cc3)c(/C=N\O)c2c1. The summed E-state index contributed by atoms with van der Waals surface area (Å²) in [6, 6.07) is 16.5. The van der Waals surface area contributed by atoms with Gasteiger partial charge >= 0.3 is 5.97 Å². The van der Waals surface area contributed by atoms with Crippen molar-refractivity contribution in [1.82, 2.24) is 5.32 Å². The molecule has 0 bridgehead atoms. The third-order valence-corrected chi connectivity index (χ3v) is 5.69. The third kappa shape index (κ3) is 4.62. The van der Waals surface area contributed by atoms with Gasteiger partial charge in [-0.15, -0.1) is 0 Å². The Balaban J connectivity index is 1.63. The minimum atomic E-state index is -0.923. The van der Waals surface area contributed by atoms with Crippen LogP contribution in [0.2, 0.25) is 0 Å². The fraction of sp³-hybridized carbons (Fsp3) is 0.250. The van der Waals surface area contributed by atoms with E-state index in [9.17, 15) is 15.1 Å². The molecule has 2 atom stereocenters. The summed E-state index contributed by atoms with van der Waals surface area (Å²) in [6.45, 7) is 1.77. The summed E-state index contributed by atoms with van der Waals surface area (Å²) < 4.78 is 5.93. The first-order valence-corrected chi connectivity index (χ1v) is 10.2. The van der Waals surface area contributed by atoms with E-state index in [1.54, 1.807) is 24.3 Å². The molecule has 4 rings (SSSR count). The minimum absolute atomic E-state index is 0.145. The molecule has 5 N–H and O–H groups in total. The van der Waals surface area contributed by atoms with Crippen LogP contribution in [-0.2, 0) is 11.2 Å². The van der Waals surface area contributed by atoms with Crippen molar-refractivity contribution >= 4 is 28.6 Å². The summed E-state index contributed by atoms with van der Waals surface area (Å²) in [4.78, 5) is 12.1. The Morgan fingerprint density at radius 3 is 2.68 bits per heavy atom. The standard InChI is InChI=1S/C24H25N3O4/c25-18-6-3-15-1-2-17(23(14-27-30)21(15)12-18)11-22(24(28)29)16-4-7-19(8-5-16)31-20-9-10-26-13-20/h1-8,12,14,20,22,26,30H,9-11,13,25H2,(H,28,29)/b27-14-/t20-,22?/m0/s1. The van der Waals surface area contributed by atoms with Crippen LogP contribution in [-0.4, -0.2) is 41.7 Å². The van der Waals surface area contributed by atoms with E-state index in [0.29, 0.717) is 16.8 Å². The van der Waals surface area contributed by atoms with Crippen LogP contribution in [0.25, 0.3) is 10.8 Å². The normalized spacial score (nSPS) is 17.2. The Labute approximate surface area is 180 Å². The number of anilines is 1. The maximum atomic E-state index is 12.1. The van der Waals surface area contributed by atoms with E-state index >= 15 is 0 Å². The molecule has 3 aromatic carbocycles. The maximum absolute atomic E-state index is 12.1. The number of nitrogen functional groups attached to an aromatic ring is 1. The van der Waals surface area contributed by atoms with Crippen molar-refractivity contribution in [3.8, 4) is 5.75 Å². The van der Waals surface area contributed by atoms with Crippen molar-refractivity contribution in [1.29, 1.82) is 0 Å². The van der Waals surface area contributed by atoms with E-state index in [-0.39, 0.29) is 12.5 Å². The van der Waals surface area contributed by atoms with Gasteiger partial charge in [-0.2, -0.15) is 0 Å². The smallest absolute Gasteiger partial charge is 0.311 e. The van der Waals surface area contributed by atoms with Crippen molar-refractivity contribution in [3.63, 3.8) is 0 Å². The second-order valence-electron chi connectivity index (χ2n) is 7.76. The van der Waals surface area contributed by atoms with E-state index in [2.05, 4.69) is 10.5 Å². The molecule has 0 saturated carbocycles. The van der Waals surface area contributed by atoms with E-state index in [4.69, 9.17) is 10.5 Å².